The summed E-state index contributed by atoms with van der Waals surface area (Å²) >= 11 is 0. The van der Waals surface area contributed by atoms with E-state index in [0.717, 1.165) is 30.8 Å². The van der Waals surface area contributed by atoms with E-state index in [2.05, 4.69) is 25.8 Å². The van der Waals surface area contributed by atoms with Crippen molar-refractivity contribution in [2.75, 3.05) is 11.9 Å². The maximum Gasteiger partial charge on any atom is 0.319 e. The fraction of sp³-hybridized carbons (Fsp3) is 0.438. The molecule has 2 aromatic rings. The highest BCUT2D eigenvalue weighted by atomic mass is 16.5. The number of amides is 2. The van der Waals surface area contributed by atoms with Crippen molar-refractivity contribution in [1.29, 1.82) is 0 Å². The fourth-order valence-corrected chi connectivity index (χ4v) is 2.67. The summed E-state index contributed by atoms with van der Waals surface area (Å²) in [5.74, 6) is 1.36. The van der Waals surface area contributed by atoms with Gasteiger partial charge in [0.2, 0.25) is 0 Å². The molecule has 7 heteroatoms. The number of urea groups is 1. The van der Waals surface area contributed by atoms with E-state index in [1.165, 1.54) is 0 Å². The van der Waals surface area contributed by atoms with Gasteiger partial charge in [0.1, 0.15) is 5.82 Å². The molecule has 2 atom stereocenters. The molecule has 23 heavy (non-hydrogen) atoms. The van der Waals surface area contributed by atoms with Crippen LogP contribution < -0.4 is 10.6 Å². The molecule has 1 aliphatic heterocycles. The second-order valence-corrected chi connectivity index (χ2v) is 5.76. The first-order chi connectivity index (χ1) is 11.1. The van der Waals surface area contributed by atoms with E-state index in [4.69, 9.17) is 4.74 Å². The number of hydrogen-bond donors (Lipinski definition) is 3. The number of carbonyl (C=O) groups excluding carboxylic acids is 1. The summed E-state index contributed by atoms with van der Waals surface area (Å²) in [7, 11) is 0. The lowest BCUT2D eigenvalue weighted by Crippen LogP contribution is -2.42. The Morgan fingerprint density at radius 2 is 2.35 bits per heavy atom. The number of aryl methyl sites for hydroxylation is 1. The maximum atomic E-state index is 12.1. The van der Waals surface area contributed by atoms with Gasteiger partial charge in [0, 0.05) is 17.9 Å². The monoisotopic (exact) mass is 315 g/mol. The lowest BCUT2D eigenvalue weighted by Gasteiger charge is -2.20. The molecule has 122 valence electrons. The van der Waals surface area contributed by atoms with Crippen molar-refractivity contribution < 1.29 is 9.53 Å². The summed E-state index contributed by atoms with van der Waals surface area (Å²) in [5, 5.41) is 12.7. The Hall–Kier alpha value is -2.41. The van der Waals surface area contributed by atoms with E-state index < -0.39 is 0 Å². The van der Waals surface area contributed by atoms with E-state index in [-0.39, 0.29) is 18.2 Å². The molecule has 0 radical (unpaired) electrons. The molecule has 1 aliphatic rings. The molecule has 1 aromatic carbocycles. The minimum Gasteiger partial charge on any atom is -0.376 e. The van der Waals surface area contributed by atoms with Gasteiger partial charge in [-0.05, 0) is 38.8 Å². The van der Waals surface area contributed by atoms with Crippen LogP contribution in [0.5, 0.6) is 0 Å². The lowest BCUT2D eigenvalue weighted by molar-refractivity contribution is 0.0868. The Labute approximate surface area is 134 Å². The Morgan fingerprint density at radius 1 is 1.48 bits per heavy atom. The van der Waals surface area contributed by atoms with Gasteiger partial charge in [-0.15, -0.1) is 0 Å². The second kappa shape index (κ2) is 6.78. The molecule has 0 bridgehead atoms. The number of rotatable bonds is 4. The average molecular weight is 315 g/mol. The third kappa shape index (κ3) is 3.87. The molecule has 2 amide bonds. The number of hydrogen-bond acceptors (Lipinski definition) is 4. The van der Waals surface area contributed by atoms with E-state index in [1.807, 2.05) is 38.1 Å². The van der Waals surface area contributed by atoms with Gasteiger partial charge in [0.15, 0.2) is 5.82 Å². The summed E-state index contributed by atoms with van der Waals surface area (Å²) in [5.41, 5.74) is 1.54. The quantitative estimate of drug-likeness (QED) is 0.808. The number of aromatic nitrogens is 3. The standard InChI is InChI=1S/C16H21N5O2/c1-10(14-7-4-8-23-14)17-16(22)19-13-6-3-5-12(9-13)15-18-11(2)20-21-15/h3,5-6,9-10,14H,4,7-8H2,1-2H3,(H2,17,19,22)(H,18,20,21)/t10-,14-/m1/s1. The van der Waals surface area contributed by atoms with Crippen LogP contribution in [0.25, 0.3) is 11.4 Å². The van der Waals surface area contributed by atoms with Gasteiger partial charge < -0.3 is 15.4 Å². The molecule has 3 N–H and O–H groups in total. The molecule has 1 fully saturated rings. The number of anilines is 1. The minimum absolute atomic E-state index is 0.0173. The van der Waals surface area contributed by atoms with Gasteiger partial charge in [-0.3, -0.25) is 5.10 Å². The molecule has 0 unspecified atom stereocenters. The van der Waals surface area contributed by atoms with Crippen molar-refractivity contribution in [1.82, 2.24) is 20.5 Å². The van der Waals surface area contributed by atoms with Gasteiger partial charge in [0.25, 0.3) is 0 Å². The Kier molecular flexibility index (Phi) is 4.57. The Morgan fingerprint density at radius 3 is 3.04 bits per heavy atom. The number of ether oxygens (including phenoxy) is 1. The summed E-state index contributed by atoms with van der Waals surface area (Å²) in [6, 6.07) is 7.19. The summed E-state index contributed by atoms with van der Waals surface area (Å²) in [6.07, 6.45) is 2.14. The molecule has 0 saturated carbocycles. The Bertz CT molecular complexity index is 679. The maximum absolute atomic E-state index is 12.1. The minimum atomic E-state index is -0.240. The number of carbonyl (C=O) groups is 1. The molecule has 2 heterocycles. The number of benzene rings is 1. The average Bonchev–Trinajstić information content (AvgIpc) is 3.18. The van der Waals surface area contributed by atoms with Crippen LogP contribution in [0.2, 0.25) is 0 Å². The van der Waals surface area contributed by atoms with Crippen molar-refractivity contribution in [3.05, 3.63) is 30.1 Å². The normalized spacial score (nSPS) is 18.6. The van der Waals surface area contributed by atoms with Crippen LogP contribution >= 0.6 is 0 Å². The molecule has 1 saturated heterocycles. The van der Waals surface area contributed by atoms with Crippen LogP contribution in [0, 0.1) is 6.92 Å². The van der Waals surface area contributed by atoms with E-state index >= 15 is 0 Å². The van der Waals surface area contributed by atoms with Gasteiger partial charge in [-0.25, -0.2) is 9.78 Å². The molecular weight excluding hydrogens is 294 g/mol. The van der Waals surface area contributed by atoms with Crippen LogP contribution in [0.4, 0.5) is 10.5 Å². The zero-order valence-corrected chi connectivity index (χ0v) is 13.3. The van der Waals surface area contributed by atoms with E-state index in [1.54, 1.807) is 0 Å². The molecule has 0 spiro atoms. The van der Waals surface area contributed by atoms with E-state index in [9.17, 15) is 4.79 Å². The summed E-state index contributed by atoms with van der Waals surface area (Å²) in [4.78, 5) is 16.4. The topological polar surface area (TPSA) is 91.9 Å². The van der Waals surface area contributed by atoms with Gasteiger partial charge in [-0.2, -0.15) is 5.10 Å². The van der Waals surface area contributed by atoms with Gasteiger partial charge in [-0.1, -0.05) is 12.1 Å². The molecule has 0 aliphatic carbocycles. The first-order valence-electron chi connectivity index (χ1n) is 7.80. The second-order valence-electron chi connectivity index (χ2n) is 5.76. The van der Waals surface area contributed by atoms with Gasteiger partial charge >= 0.3 is 6.03 Å². The highest BCUT2D eigenvalue weighted by Crippen LogP contribution is 2.19. The highest BCUT2D eigenvalue weighted by molar-refractivity contribution is 5.90. The first kappa shape index (κ1) is 15.5. The molecule has 1 aromatic heterocycles. The molecule has 7 nitrogen and oxygen atoms in total. The molecular formula is C16H21N5O2. The van der Waals surface area contributed by atoms with Crippen molar-refractivity contribution in [3.63, 3.8) is 0 Å². The first-order valence-corrected chi connectivity index (χ1v) is 7.80. The van der Waals surface area contributed by atoms with Crippen LogP contribution in [0.3, 0.4) is 0 Å². The van der Waals surface area contributed by atoms with Crippen molar-refractivity contribution in [2.45, 2.75) is 38.8 Å². The number of nitrogens with one attached hydrogen (secondary N) is 3. The van der Waals surface area contributed by atoms with Crippen molar-refractivity contribution in [2.24, 2.45) is 0 Å². The zero-order chi connectivity index (χ0) is 16.2. The van der Waals surface area contributed by atoms with Crippen molar-refractivity contribution in [3.8, 4) is 11.4 Å². The highest BCUT2D eigenvalue weighted by Gasteiger charge is 2.23. The van der Waals surface area contributed by atoms with E-state index in [0.29, 0.717) is 11.5 Å². The largest absolute Gasteiger partial charge is 0.376 e. The third-order valence-electron chi connectivity index (χ3n) is 3.86. The predicted octanol–water partition coefficient (Wildman–Crippen LogP) is 2.47. The van der Waals surface area contributed by atoms with Crippen molar-refractivity contribution >= 4 is 11.7 Å². The Balaban J connectivity index is 1.62. The molecule has 3 rings (SSSR count). The van der Waals surface area contributed by atoms with Crippen LogP contribution in [0.15, 0.2) is 24.3 Å². The lowest BCUT2D eigenvalue weighted by atomic mass is 10.1. The van der Waals surface area contributed by atoms with Crippen LogP contribution in [-0.2, 0) is 4.74 Å². The summed E-state index contributed by atoms with van der Waals surface area (Å²) in [6.45, 7) is 4.58. The number of H-pyrrole nitrogens is 1. The zero-order valence-electron chi connectivity index (χ0n) is 13.3. The van der Waals surface area contributed by atoms with Gasteiger partial charge in [0.05, 0.1) is 12.1 Å². The van der Waals surface area contributed by atoms with Crippen LogP contribution in [-0.4, -0.2) is 40.0 Å². The number of aromatic amines is 1. The third-order valence-corrected chi connectivity index (χ3v) is 3.86. The van der Waals surface area contributed by atoms with Crippen LogP contribution in [0.1, 0.15) is 25.6 Å². The smallest absolute Gasteiger partial charge is 0.319 e. The predicted molar refractivity (Wildman–Crippen MR) is 87.1 cm³/mol. The fourth-order valence-electron chi connectivity index (χ4n) is 2.67. The SMILES string of the molecule is Cc1nc(-c2cccc(NC(=O)N[C@H](C)[C@H]3CCCO3)c2)n[nH]1. The number of nitrogens with zero attached hydrogens (tertiary/aromatic N) is 2. The summed E-state index contributed by atoms with van der Waals surface area (Å²) < 4.78 is 5.58.